The molecule has 3 heterocycles. The highest BCUT2D eigenvalue weighted by molar-refractivity contribution is 5.88. The normalized spacial score (nSPS) is 23.8. The van der Waals surface area contributed by atoms with Crippen LogP contribution in [0.15, 0.2) is 65.2 Å². The van der Waals surface area contributed by atoms with Crippen LogP contribution in [0.5, 0.6) is 0 Å². The lowest BCUT2D eigenvalue weighted by Gasteiger charge is -2.36. The molecule has 2 aromatic heterocycles. The van der Waals surface area contributed by atoms with Crippen LogP contribution in [0.25, 0.3) is 0 Å². The quantitative estimate of drug-likeness (QED) is 0.741. The van der Waals surface area contributed by atoms with Crippen molar-refractivity contribution in [2.45, 2.75) is 38.1 Å². The van der Waals surface area contributed by atoms with Crippen LogP contribution in [0.3, 0.4) is 0 Å². The van der Waals surface area contributed by atoms with Gasteiger partial charge in [0.25, 0.3) is 0 Å². The van der Waals surface area contributed by atoms with Crippen LogP contribution in [0.4, 0.5) is 5.95 Å². The Balaban J connectivity index is 1.55. The summed E-state index contributed by atoms with van der Waals surface area (Å²) in [5.41, 5.74) is 3.35. The fraction of sp³-hybridized carbons (Fsp3) is 0.318. The van der Waals surface area contributed by atoms with Gasteiger partial charge in [0.2, 0.25) is 5.95 Å². The third kappa shape index (κ3) is 2.68. The molecule has 0 spiro atoms. The molecular formula is C22H22N4O2. The lowest BCUT2D eigenvalue weighted by atomic mass is 9.76. The molecular weight excluding hydrogens is 352 g/mol. The lowest BCUT2D eigenvalue weighted by molar-refractivity contribution is -0.123. The Morgan fingerprint density at radius 1 is 1.21 bits per heavy atom. The van der Waals surface area contributed by atoms with Crippen molar-refractivity contribution in [3.63, 3.8) is 0 Å². The van der Waals surface area contributed by atoms with E-state index in [0.29, 0.717) is 18.3 Å². The van der Waals surface area contributed by atoms with Crippen molar-refractivity contribution in [2.75, 3.05) is 5.32 Å². The highest BCUT2D eigenvalue weighted by Gasteiger charge is 2.44. The van der Waals surface area contributed by atoms with E-state index in [1.54, 1.807) is 10.9 Å². The number of hydrogen-bond acceptors (Lipinski definition) is 5. The topological polar surface area (TPSA) is 73.0 Å². The summed E-state index contributed by atoms with van der Waals surface area (Å²) in [5, 5.41) is 7.65. The summed E-state index contributed by atoms with van der Waals surface area (Å²) in [6, 6.07) is 12.0. The number of furan rings is 1. The number of benzene rings is 1. The fourth-order valence-electron chi connectivity index (χ4n) is 4.26. The van der Waals surface area contributed by atoms with Gasteiger partial charge in [-0.15, -0.1) is 0 Å². The zero-order valence-electron chi connectivity index (χ0n) is 15.9. The molecule has 0 fully saturated rings. The molecule has 0 radical (unpaired) electrons. The van der Waals surface area contributed by atoms with Gasteiger partial charge < -0.3 is 9.73 Å². The van der Waals surface area contributed by atoms with Gasteiger partial charge in [-0.05, 0) is 29.2 Å². The first kappa shape index (κ1) is 17.0. The molecule has 6 heteroatoms. The molecule has 3 atom stereocenters. The van der Waals surface area contributed by atoms with E-state index in [4.69, 9.17) is 4.42 Å². The average molecular weight is 374 g/mol. The Kier molecular flexibility index (Phi) is 3.93. The molecule has 0 bridgehead atoms. The first-order chi connectivity index (χ1) is 13.6. The summed E-state index contributed by atoms with van der Waals surface area (Å²) in [7, 11) is 0. The zero-order valence-corrected chi connectivity index (χ0v) is 15.9. The second-order valence-corrected chi connectivity index (χ2v) is 7.81. The molecule has 1 aromatic carbocycles. The Labute approximate surface area is 163 Å². The van der Waals surface area contributed by atoms with Gasteiger partial charge in [0, 0.05) is 18.0 Å². The monoisotopic (exact) mass is 374 g/mol. The van der Waals surface area contributed by atoms with Gasteiger partial charge in [-0.2, -0.15) is 10.1 Å². The second-order valence-electron chi connectivity index (χ2n) is 7.81. The van der Waals surface area contributed by atoms with Crippen LogP contribution in [0.1, 0.15) is 55.0 Å². The molecule has 0 unspecified atom stereocenters. The molecule has 28 heavy (non-hydrogen) atoms. The number of carbonyl (C=O) groups is 1. The van der Waals surface area contributed by atoms with E-state index in [1.165, 1.54) is 11.9 Å². The minimum Gasteiger partial charge on any atom is -0.467 e. The van der Waals surface area contributed by atoms with E-state index in [1.807, 2.05) is 12.1 Å². The molecule has 1 aliphatic heterocycles. The maximum atomic E-state index is 13.2. The summed E-state index contributed by atoms with van der Waals surface area (Å²) in [4.78, 5) is 17.5. The van der Waals surface area contributed by atoms with Gasteiger partial charge >= 0.3 is 0 Å². The van der Waals surface area contributed by atoms with E-state index in [-0.39, 0.29) is 23.7 Å². The van der Waals surface area contributed by atoms with E-state index in [0.717, 1.165) is 17.0 Å². The number of carbonyl (C=O) groups excluding carboxylic acids is 1. The summed E-state index contributed by atoms with van der Waals surface area (Å²) in [6.07, 6.45) is 5.77. The van der Waals surface area contributed by atoms with Gasteiger partial charge in [0.05, 0.1) is 12.2 Å². The van der Waals surface area contributed by atoms with Crippen molar-refractivity contribution in [2.24, 2.45) is 5.92 Å². The van der Waals surface area contributed by atoms with E-state index >= 15 is 0 Å². The maximum absolute atomic E-state index is 13.2. The molecule has 0 saturated heterocycles. The molecule has 2 aliphatic rings. The number of rotatable bonds is 3. The minimum atomic E-state index is -0.341. The van der Waals surface area contributed by atoms with Gasteiger partial charge in [0.15, 0.2) is 0 Å². The van der Waals surface area contributed by atoms with E-state index in [2.05, 4.69) is 59.6 Å². The first-order valence-corrected chi connectivity index (χ1v) is 9.66. The molecule has 5 rings (SSSR count). The van der Waals surface area contributed by atoms with Crippen molar-refractivity contribution in [1.82, 2.24) is 14.8 Å². The summed E-state index contributed by atoms with van der Waals surface area (Å²) < 4.78 is 7.39. The molecule has 6 nitrogen and oxygen atoms in total. The predicted molar refractivity (Wildman–Crippen MR) is 105 cm³/mol. The summed E-state index contributed by atoms with van der Waals surface area (Å²) in [5.74, 6) is 1.74. The number of allylic oxidation sites excluding steroid dienone is 2. The predicted octanol–water partition coefficient (Wildman–Crippen LogP) is 4.27. The number of nitrogens with one attached hydrogen (secondary N) is 1. The number of aromatic nitrogens is 3. The smallest absolute Gasteiger partial charge is 0.226 e. The Morgan fingerprint density at radius 2 is 2.04 bits per heavy atom. The van der Waals surface area contributed by atoms with Crippen molar-refractivity contribution in [1.29, 1.82) is 0 Å². The first-order valence-electron chi connectivity index (χ1n) is 9.66. The van der Waals surface area contributed by atoms with Crippen LogP contribution in [-0.2, 0) is 4.79 Å². The lowest BCUT2D eigenvalue weighted by Crippen LogP contribution is -2.39. The molecule has 1 aliphatic carbocycles. The molecule has 1 N–H and O–H groups in total. The highest BCUT2D eigenvalue weighted by Crippen LogP contribution is 2.44. The largest absolute Gasteiger partial charge is 0.467 e. The number of nitrogens with zero attached hydrogens (tertiary/aromatic N) is 3. The van der Waals surface area contributed by atoms with Crippen molar-refractivity contribution >= 4 is 11.7 Å². The standard InChI is InChI=1S/C22H22N4O2/c1-13(2)14-5-7-15(8-6-14)16-10-17-20(18(27)11-16)21(19-4-3-9-28-19)26-22(25-17)23-12-24-26/h3-10,12-13,16,20-21H,11H2,1-2H3,(H,23,24,25)/t16-,20-,21-/m1/s1. The van der Waals surface area contributed by atoms with E-state index < -0.39 is 0 Å². The van der Waals surface area contributed by atoms with Crippen LogP contribution in [0.2, 0.25) is 0 Å². The Hall–Kier alpha value is -3.15. The van der Waals surface area contributed by atoms with Gasteiger partial charge in [-0.3, -0.25) is 4.79 Å². The Bertz CT molecular complexity index is 1030. The van der Waals surface area contributed by atoms with Crippen LogP contribution in [-0.4, -0.2) is 20.5 Å². The summed E-state index contributed by atoms with van der Waals surface area (Å²) >= 11 is 0. The summed E-state index contributed by atoms with van der Waals surface area (Å²) in [6.45, 7) is 4.37. The number of fused-ring (bicyclic) bond motifs is 2. The number of hydrogen-bond donors (Lipinski definition) is 1. The van der Waals surface area contributed by atoms with Crippen molar-refractivity contribution in [3.8, 4) is 0 Å². The number of ketones is 1. The molecule has 0 saturated carbocycles. The maximum Gasteiger partial charge on any atom is 0.226 e. The molecule has 0 amide bonds. The number of anilines is 1. The van der Waals surface area contributed by atoms with Crippen LogP contribution >= 0.6 is 0 Å². The fourth-order valence-corrected chi connectivity index (χ4v) is 4.26. The second kappa shape index (κ2) is 6.48. The zero-order chi connectivity index (χ0) is 19.3. The van der Waals surface area contributed by atoms with Crippen LogP contribution < -0.4 is 5.32 Å². The Morgan fingerprint density at radius 3 is 2.75 bits per heavy atom. The average Bonchev–Trinajstić information content (AvgIpc) is 3.38. The van der Waals surface area contributed by atoms with E-state index in [9.17, 15) is 4.79 Å². The van der Waals surface area contributed by atoms with Gasteiger partial charge in [-0.1, -0.05) is 44.2 Å². The highest BCUT2D eigenvalue weighted by atomic mass is 16.3. The van der Waals surface area contributed by atoms with Crippen LogP contribution in [0, 0.1) is 5.92 Å². The van der Waals surface area contributed by atoms with Crippen molar-refractivity contribution in [3.05, 3.63) is 77.6 Å². The SMILES string of the molecule is CC(C)c1ccc([C@@H]2C=C3Nc4ncnn4[C@H](c4ccco4)[C@H]3C(=O)C2)cc1. The molecule has 142 valence electrons. The van der Waals surface area contributed by atoms with Gasteiger partial charge in [0.1, 0.15) is 23.9 Å². The van der Waals surface area contributed by atoms with Crippen molar-refractivity contribution < 1.29 is 9.21 Å². The third-order valence-electron chi connectivity index (χ3n) is 5.76. The third-order valence-corrected chi connectivity index (χ3v) is 5.76. The molecule has 3 aromatic rings. The number of Topliss-reactive ketones (excluding diaryl/α,β-unsaturated/α-hetero) is 1. The van der Waals surface area contributed by atoms with Gasteiger partial charge in [-0.25, -0.2) is 4.68 Å². The minimum absolute atomic E-state index is 0.0548.